The quantitative estimate of drug-likeness (QED) is 0.244. The summed E-state index contributed by atoms with van der Waals surface area (Å²) >= 11 is 6.09. The highest BCUT2D eigenvalue weighted by atomic mass is 35.5. The molecule has 0 heterocycles. The Kier molecular flexibility index (Phi) is 6.27. The number of phenols is 1. The number of Topliss-reactive ketones (excluding diaryl/α,β-unsaturated/α-hetero) is 2. The number of amides is 1. The molecule has 0 aliphatic heterocycles. The first-order valence-corrected chi connectivity index (χ1v) is 12.3. The Morgan fingerprint density at radius 2 is 1.78 bits per heavy atom. The molecule has 0 saturated heterocycles. The van der Waals surface area contributed by atoms with Gasteiger partial charge in [-0.3, -0.25) is 19.3 Å². The maximum absolute atomic E-state index is 13.9. The van der Waals surface area contributed by atoms with Crippen molar-refractivity contribution in [2.24, 2.45) is 17.6 Å². The molecule has 37 heavy (non-hydrogen) atoms. The highest BCUT2D eigenvalue weighted by Gasteiger charge is 2.67. The molecule has 0 fully saturated rings. The lowest BCUT2D eigenvalue weighted by Gasteiger charge is -2.53. The fourth-order valence-corrected chi connectivity index (χ4v) is 6.38. The number of aliphatic hydroxyl groups is 4. The minimum absolute atomic E-state index is 0.129. The van der Waals surface area contributed by atoms with Crippen molar-refractivity contribution in [2.75, 3.05) is 20.0 Å². The van der Waals surface area contributed by atoms with Crippen LogP contribution in [0, 0.1) is 11.8 Å². The van der Waals surface area contributed by atoms with Gasteiger partial charge in [0.15, 0.2) is 11.4 Å². The SMILES string of the molecule is C[C@H]1c2ccc(C(C)(C)CCl)c(O)c2C(=O)C2=C(O)[C@]3(O)C(=O)C(C(N)=O)=C(O)[C@@H](N(C)C)[C@@H]3[C@@H](O)[C@@H]21. The fourth-order valence-electron chi connectivity index (χ4n) is 6.24. The van der Waals surface area contributed by atoms with Crippen LogP contribution >= 0.6 is 11.6 Å². The average molecular weight is 535 g/mol. The number of phenolic OH excluding ortho intramolecular Hbond substituents is 1. The van der Waals surface area contributed by atoms with Crippen LogP contribution in [0.3, 0.4) is 0 Å². The van der Waals surface area contributed by atoms with Crippen LogP contribution in [0.4, 0.5) is 0 Å². The van der Waals surface area contributed by atoms with E-state index < -0.39 is 81.1 Å². The molecule has 3 aliphatic rings. The van der Waals surface area contributed by atoms with E-state index in [2.05, 4.69) is 0 Å². The smallest absolute Gasteiger partial charge is 0.255 e. The number of aromatic hydroxyl groups is 1. The Morgan fingerprint density at radius 3 is 2.30 bits per heavy atom. The topological polar surface area (TPSA) is 182 Å². The molecule has 7 N–H and O–H groups in total. The van der Waals surface area contributed by atoms with Gasteiger partial charge in [0.25, 0.3) is 5.91 Å². The second-order valence-corrected chi connectivity index (χ2v) is 11.3. The molecule has 6 atom stereocenters. The molecular formula is C26H31ClN2O8. The van der Waals surface area contributed by atoms with Crippen LogP contribution in [0.5, 0.6) is 5.75 Å². The summed E-state index contributed by atoms with van der Waals surface area (Å²) < 4.78 is 0. The summed E-state index contributed by atoms with van der Waals surface area (Å²) in [6, 6.07) is 2.01. The minimum atomic E-state index is -2.94. The van der Waals surface area contributed by atoms with Gasteiger partial charge in [0.1, 0.15) is 22.8 Å². The number of alkyl halides is 1. The summed E-state index contributed by atoms with van der Waals surface area (Å²) in [7, 11) is 2.98. The zero-order valence-electron chi connectivity index (χ0n) is 21.1. The van der Waals surface area contributed by atoms with Crippen molar-refractivity contribution in [2.45, 2.75) is 49.9 Å². The highest BCUT2D eigenvalue weighted by molar-refractivity contribution is 6.25. The second-order valence-electron chi connectivity index (χ2n) is 11.0. The van der Waals surface area contributed by atoms with Crippen molar-refractivity contribution in [1.82, 2.24) is 4.90 Å². The van der Waals surface area contributed by atoms with E-state index in [-0.39, 0.29) is 17.2 Å². The lowest BCUT2D eigenvalue weighted by Crippen LogP contribution is -2.68. The zero-order valence-corrected chi connectivity index (χ0v) is 21.9. The van der Waals surface area contributed by atoms with Gasteiger partial charge in [-0.15, -0.1) is 11.6 Å². The number of likely N-dealkylation sites (N-methyl/N-ethyl adjacent to an activating group) is 1. The van der Waals surface area contributed by atoms with Crippen LogP contribution in [-0.4, -0.2) is 85.6 Å². The lowest BCUT2D eigenvalue weighted by atomic mass is 9.55. The molecule has 0 saturated carbocycles. The van der Waals surface area contributed by atoms with Gasteiger partial charge >= 0.3 is 0 Å². The minimum Gasteiger partial charge on any atom is -0.510 e. The number of aliphatic hydroxyl groups excluding tert-OH is 3. The van der Waals surface area contributed by atoms with Crippen LogP contribution in [0.1, 0.15) is 48.2 Å². The molecule has 1 amide bonds. The van der Waals surface area contributed by atoms with Gasteiger partial charge in [-0.1, -0.05) is 32.9 Å². The lowest BCUT2D eigenvalue weighted by molar-refractivity contribution is -0.162. The number of fused-ring (bicyclic) bond motifs is 3. The molecule has 0 spiro atoms. The van der Waals surface area contributed by atoms with Crippen molar-refractivity contribution in [3.8, 4) is 5.75 Å². The van der Waals surface area contributed by atoms with Crippen LogP contribution in [0.25, 0.3) is 0 Å². The third-order valence-corrected chi connectivity index (χ3v) is 8.86. The van der Waals surface area contributed by atoms with E-state index in [1.807, 2.05) is 0 Å². The second kappa shape index (κ2) is 8.56. The number of halogens is 1. The molecular weight excluding hydrogens is 504 g/mol. The monoisotopic (exact) mass is 534 g/mol. The molecule has 3 aliphatic carbocycles. The van der Waals surface area contributed by atoms with E-state index in [0.717, 1.165) is 0 Å². The number of carbonyl (C=O) groups is 3. The van der Waals surface area contributed by atoms with Crippen LogP contribution in [-0.2, 0) is 15.0 Å². The van der Waals surface area contributed by atoms with Crippen molar-refractivity contribution in [3.63, 3.8) is 0 Å². The van der Waals surface area contributed by atoms with Crippen LogP contribution in [0.2, 0.25) is 0 Å². The molecule has 4 rings (SSSR count). The molecule has 0 bridgehead atoms. The van der Waals surface area contributed by atoms with E-state index in [0.29, 0.717) is 11.1 Å². The van der Waals surface area contributed by atoms with E-state index in [4.69, 9.17) is 17.3 Å². The van der Waals surface area contributed by atoms with Gasteiger partial charge in [0, 0.05) is 28.3 Å². The van der Waals surface area contributed by atoms with Crippen molar-refractivity contribution < 1.29 is 39.9 Å². The normalized spacial score (nSPS) is 31.9. The van der Waals surface area contributed by atoms with Crippen molar-refractivity contribution >= 4 is 29.1 Å². The summed E-state index contributed by atoms with van der Waals surface area (Å²) in [4.78, 5) is 40.7. The summed E-state index contributed by atoms with van der Waals surface area (Å²) in [6.07, 6.45) is -1.63. The number of nitrogens with two attached hydrogens (primary N) is 1. The number of rotatable bonds is 4. The van der Waals surface area contributed by atoms with E-state index in [1.54, 1.807) is 32.9 Å². The maximum atomic E-state index is 13.9. The summed E-state index contributed by atoms with van der Waals surface area (Å²) in [6.45, 7) is 5.24. The molecule has 0 radical (unpaired) electrons. The summed E-state index contributed by atoms with van der Waals surface area (Å²) in [5, 5.41) is 56.7. The van der Waals surface area contributed by atoms with E-state index >= 15 is 0 Å². The highest BCUT2D eigenvalue weighted by Crippen LogP contribution is 2.56. The first-order chi connectivity index (χ1) is 17.0. The predicted octanol–water partition coefficient (Wildman–Crippen LogP) is 1.17. The molecule has 200 valence electrons. The number of ketones is 2. The zero-order chi connectivity index (χ0) is 27.9. The maximum Gasteiger partial charge on any atom is 0.255 e. The van der Waals surface area contributed by atoms with Gasteiger partial charge in [0.05, 0.1) is 23.6 Å². The standard InChI is InChI=1S/C26H31ClN2O8/c1-9-10-6-7-11(25(2,3)8-27)18(30)13(10)19(31)14-12(9)20(32)16-17(29(4)5)21(33)15(24(28)36)23(35)26(16,37)22(14)34/h6-7,9,12,16-17,20,30,32-34,37H,8H2,1-5H3,(H2,28,36)/t9-,12+,16+,17-,20-,26-/m0/s1. The first-order valence-electron chi connectivity index (χ1n) is 11.8. The van der Waals surface area contributed by atoms with Crippen molar-refractivity contribution in [1.29, 1.82) is 0 Å². The van der Waals surface area contributed by atoms with E-state index in [1.165, 1.54) is 19.0 Å². The summed E-state index contributed by atoms with van der Waals surface area (Å²) in [5.41, 5.74) is 0.961. The fraction of sp³-hybridized carbons (Fsp3) is 0.500. The molecule has 10 nitrogen and oxygen atoms in total. The Balaban J connectivity index is 2.04. The third-order valence-electron chi connectivity index (χ3n) is 8.19. The molecule has 11 heteroatoms. The van der Waals surface area contributed by atoms with Gasteiger partial charge in [-0.2, -0.15) is 0 Å². The number of hydrogen-bond acceptors (Lipinski definition) is 9. The Bertz CT molecular complexity index is 1300. The van der Waals surface area contributed by atoms with Crippen molar-refractivity contribution in [3.05, 3.63) is 51.5 Å². The summed E-state index contributed by atoms with van der Waals surface area (Å²) in [5.74, 6) is -8.95. The molecule has 1 aromatic rings. The first kappa shape index (κ1) is 27.1. The van der Waals surface area contributed by atoms with Crippen LogP contribution < -0.4 is 5.73 Å². The van der Waals surface area contributed by atoms with E-state index in [9.17, 15) is 39.9 Å². The third kappa shape index (κ3) is 3.39. The largest absolute Gasteiger partial charge is 0.510 e. The van der Waals surface area contributed by atoms with Gasteiger partial charge in [0.2, 0.25) is 5.78 Å². The van der Waals surface area contributed by atoms with Gasteiger partial charge < -0.3 is 31.3 Å². The Labute approximate surface area is 218 Å². The number of primary amides is 1. The number of carbonyl (C=O) groups excluding carboxylic acids is 3. The number of benzene rings is 1. The molecule has 1 aromatic carbocycles. The number of hydrogen-bond donors (Lipinski definition) is 6. The van der Waals surface area contributed by atoms with Crippen LogP contribution in [0.15, 0.2) is 34.8 Å². The van der Waals surface area contributed by atoms with Gasteiger partial charge in [-0.05, 0) is 25.6 Å². The Hall–Kier alpha value is -2.92. The van der Waals surface area contributed by atoms with Gasteiger partial charge in [-0.25, -0.2) is 0 Å². The molecule has 0 aromatic heterocycles. The average Bonchev–Trinajstić information content (AvgIpc) is 2.80. The predicted molar refractivity (Wildman–Crippen MR) is 134 cm³/mol. The molecule has 0 unspecified atom stereocenters. The number of nitrogens with zero attached hydrogens (tertiary/aromatic N) is 1. The Morgan fingerprint density at radius 1 is 1.19 bits per heavy atom.